The Kier molecular flexibility index (Phi) is 7.10. The highest BCUT2D eigenvalue weighted by atomic mass is 32.2. The maximum absolute atomic E-state index is 13.1. The van der Waals surface area contributed by atoms with Crippen LogP contribution in [0.5, 0.6) is 0 Å². The maximum Gasteiger partial charge on any atom is 0.309 e. The summed E-state index contributed by atoms with van der Waals surface area (Å²) in [6, 6.07) is -0.114. The predicted octanol–water partition coefficient (Wildman–Crippen LogP) is 2.03. The van der Waals surface area contributed by atoms with Gasteiger partial charge in [-0.25, -0.2) is 0 Å². The molecule has 0 saturated carbocycles. The number of rotatable bonds is 5. The molecular weight excluding hydrogens is 356 g/mol. The molecule has 0 bridgehead atoms. The zero-order chi connectivity index (χ0) is 19.5. The number of morpholine rings is 1. The molecule has 2 aliphatic rings. The summed E-state index contributed by atoms with van der Waals surface area (Å²) in [5.41, 5.74) is -0.516. The van der Waals surface area contributed by atoms with Gasteiger partial charge in [0, 0.05) is 25.7 Å². The normalized spacial score (nSPS) is 24.8. The second-order valence-electron chi connectivity index (χ2n) is 8.68. The van der Waals surface area contributed by atoms with E-state index in [4.69, 9.17) is 9.47 Å². The van der Waals surface area contributed by atoms with Crippen molar-refractivity contribution in [3.63, 3.8) is 0 Å². The fourth-order valence-corrected chi connectivity index (χ4v) is 5.33. The molecule has 0 aliphatic carbocycles. The first-order valence-corrected chi connectivity index (χ1v) is 11.0. The highest BCUT2D eigenvalue weighted by molar-refractivity contribution is 7.86. The van der Waals surface area contributed by atoms with E-state index in [1.807, 2.05) is 20.8 Å². The minimum Gasteiger partial charge on any atom is -0.460 e. The first-order valence-electron chi connectivity index (χ1n) is 9.58. The van der Waals surface area contributed by atoms with E-state index in [9.17, 15) is 13.2 Å². The van der Waals surface area contributed by atoms with Crippen LogP contribution in [0.3, 0.4) is 0 Å². The van der Waals surface area contributed by atoms with E-state index < -0.39 is 15.8 Å². The SMILES string of the molecule is CC(C)CC1COCCN1S(=O)(=O)N1CCC(C(=O)OC(C)(C)C)CC1. The summed E-state index contributed by atoms with van der Waals surface area (Å²) < 4.78 is 40.3. The van der Waals surface area contributed by atoms with Crippen molar-refractivity contribution in [2.24, 2.45) is 11.8 Å². The average Bonchev–Trinajstić information content (AvgIpc) is 2.53. The lowest BCUT2D eigenvalue weighted by Gasteiger charge is -2.40. The van der Waals surface area contributed by atoms with Gasteiger partial charge in [-0.2, -0.15) is 17.0 Å². The molecule has 8 heteroatoms. The van der Waals surface area contributed by atoms with Crippen LogP contribution in [0.4, 0.5) is 0 Å². The number of hydrogen-bond acceptors (Lipinski definition) is 5. The number of esters is 1. The summed E-state index contributed by atoms with van der Waals surface area (Å²) in [5, 5.41) is 0. The van der Waals surface area contributed by atoms with Crippen molar-refractivity contribution < 1.29 is 22.7 Å². The first-order chi connectivity index (χ1) is 12.0. The van der Waals surface area contributed by atoms with Crippen molar-refractivity contribution in [1.29, 1.82) is 0 Å². The number of nitrogens with zero attached hydrogens (tertiary/aromatic N) is 2. The van der Waals surface area contributed by atoms with Crippen molar-refractivity contribution in [3.05, 3.63) is 0 Å². The molecule has 26 heavy (non-hydrogen) atoms. The number of carbonyl (C=O) groups excluding carboxylic acids is 1. The van der Waals surface area contributed by atoms with Crippen LogP contribution in [0.2, 0.25) is 0 Å². The molecule has 0 radical (unpaired) electrons. The smallest absolute Gasteiger partial charge is 0.309 e. The van der Waals surface area contributed by atoms with Gasteiger partial charge in [-0.15, -0.1) is 0 Å². The van der Waals surface area contributed by atoms with Crippen molar-refractivity contribution in [2.45, 2.75) is 65.5 Å². The van der Waals surface area contributed by atoms with Gasteiger partial charge in [0.15, 0.2) is 0 Å². The van der Waals surface area contributed by atoms with Crippen LogP contribution in [0.25, 0.3) is 0 Å². The van der Waals surface area contributed by atoms with Crippen LogP contribution in [0, 0.1) is 11.8 Å². The lowest BCUT2D eigenvalue weighted by atomic mass is 9.98. The third kappa shape index (κ3) is 5.65. The third-order valence-electron chi connectivity index (χ3n) is 4.73. The van der Waals surface area contributed by atoms with E-state index in [1.165, 1.54) is 4.31 Å². The van der Waals surface area contributed by atoms with Crippen LogP contribution >= 0.6 is 0 Å². The summed E-state index contributed by atoms with van der Waals surface area (Å²) in [6.45, 7) is 11.7. The molecule has 0 N–H and O–H groups in total. The number of ether oxygens (including phenoxy) is 2. The maximum atomic E-state index is 13.1. The highest BCUT2D eigenvalue weighted by Gasteiger charge is 2.40. The van der Waals surface area contributed by atoms with Crippen LogP contribution in [0.1, 0.15) is 53.9 Å². The first kappa shape index (κ1) is 21.6. The van der Waals surface area contributed by atoms with E-state index in [-0.39, 0.29) is 17.9 Å². The summed E-state index contributed by atoms with van der Waals surface area (Å²) in [7, 11) is -3.53. The molecule has 1 unspecified atom stereocenters. The van der Waals surface area contributed by atoms with Crippen molar-refractivity contribution in [1.82, 2.24) is 8.61 Å². The van der Waals surface area contributed by atoms with Gasteiger partial charge in [0.2, 0.25) is 0 Å². The standard InChI is InChI=1S/C18H34N2O5S/c1-14(2)12-16-13-24-11-10-20(16)26(22,23)19-8-6-15(7-9-19)17(21)25-18(3,4)5/h14-16H,6-13H2,1-5H3. The number of piperidine rings is 1. The Bertz CT molecular complexity index is 577. The molecule has 0 aromatic heterocycles. The van der Waals surface area contributed by atoms with Gasteiger partial charge in [-0.3, -0.25) is 4.79 Å². The van der Waals surface area contributed by atoms with Crippen molar-refractivity contribution in [2.75, 3.05) is 32.8 Å². The zero-order valence-corrected chi connectivity index (χ0v) is 17.5. The fourth-order valence-electron chi connectivity index (χ4n) is 3.53. The molecule has 0 aromatic carbocycles. The molecule has 152 valence electrons. The Hall–Kier alpha value is -0.700. The third-order valence-corrected chi connectivity index (χ3v) is 6.82. The Morgan fingerprint density at radius 3 is 2.35 bits per heavy atom. The molecule has 2 aliphatic heterocycles. The van der Waals surface area contributed by atoms with Gasteiger partial charge in [0.1, 0.15) is 5.60 Å². The van der Waals surface area contributed by atoms with E-state index in [1.54, 1.807) is 4.31 Å². The molecular formula is C18H34N2O5S. The Balaban J connectivity index is 1.99. The Labute approximate surface area is 158 Å². The van der Waals surface area contributed by atoms with Gasteiger partial charge >= 0.3 is 5.97 Å². The van der Waals surface area contributed by atoms with Crippen LogP contribution < -0.4 is 0 Å². The molecule has 2 rings (SSSR count). The molecule has 2 heterocycles. The van der Waals surface area contributed by atoms with E-state index in [0.717, 1.165) is 6.42 Å². The average molecular weight is 391 g/mol. The lowest BCUT2D eigenvalue weighted by molar-refractivity contribution is -0.161. The highest BCUT2D eigenvalue weighted by Crippen LogP contribution is 2.27. The molecule has 0 aromatic rings. The van der Waals surface area contributed by atoms with Gasteiger partial charge in [0.25, 0.3) is 10.2 Å². The number of carbonyl (C=O) groups is 1. The Morgan fingerprint density at radius 1 is 1.19 bits per heavy atom. The van der Waals surface area contributed by atoms with E-state index in [2.05, 4.69) is 13.8 Å². The summed E-state index contributed by atoms with van der Waals surface area (Å²) in [5.74, 6) is -0.0484. The molecule has 0 spiro atoms. The number of hydrogen-bond donors (Lipinski definition) is 0. The quantitative estimate of drug-likeness (QED) is 0.672. The minimum absolute atomic E-state index is 0.114. The predicted molar refractivity (Wildman–Crippen MR) is 99.8 cm³/mol. The largest absolute Gasteiger partial charge is 0.460 e. The lowest BCUT2D eigenvalue weighted by Crippen LogP contribution is -2.55. The summed E-state index contributed by atoms with van der Waals surface area (Å²) >= 11 is 0. The minimum atomic E-state index is -3.53. The van der Waals surface area contributed by atoms with Gasteiger partial charge < -0.3 is 9.47 Å². The molecule has 1 atom stereocenters. The van der Waals surface area contributed by atoms with Crippen molar-refractivity contribution >= 4 is 16.2 Å². The van der Waals surface area contributed by atoms with Gasteiger partial charge in [-0.1, -0.05) is 13.8 Å². The summed E-state index contributed by atoms with van der Waals surface area (Å²) in [6.07, 6.45) is 1.80. The second kappa shape index (κ2) is 8.54. The topological polar surface area (TPSA) is 76.2 Å². The molecule has 7 nitrogen and oxygen atoms in total. The van der Waals surface area contributed by atoms with E-state index >= 15 is 0 Å². The monoisotopic (exact) mass is 390 g/mol. The van der Waals surface area contributed by atoms with Crippen LogP contribution in [0.15, 0.2) is 0 Å². The van der Waals surface area contributed by atoms with Crippen LogP contribution in [-0.2, 0) is 24.5 Å². The summed E-state index contributed by atoms with van der Waals surface area (Å²) in [4.78, 5) is 12.2. The Morgan fingerprint density at radius 2 is 1.81 bits per heavy atom. The zero-order valence-electron chi connectivity index (χ0n) is 16.7. The second-order valence-corrected chi connectivity index (χ2v) is 10.6. The molecule has 2 fully saturated rings. The van der Waals surface area contributed by atoms with Gasteiger partial charge in [0.05, 0.1) is 19.1 Å². The van der Waals surface area contributed by atoms with Crippen molar-refractivity contribution in [3.8, 4) is 0 Å². The van der Waals surface area contributed by atoms with Crippen LogP contribution in [-0.4, -0.2) is 67.5 Å². The van der Waals surface area contributed by atoms with E-state index in [0.29, 0.717) is 51.6 Å². The molecule has 2 saturated heterocycles. The van der Waals surface area contributed by atoms with Gasteiger partial charge in [-0.05, 0) is 46.0 Å². The molecule has 0 amide bonds. The fraction of sp³-hybridized carbons (Fsp3) is 0.944.